The minimum atomic E-state index is -0.835. The largest absolute Gasteiger partial charge is 0.481 e. The van der Waals surface area contributed by atoms with Gasteiger partial charge in [-0.3, -0.25) is 14.9 Å². The van der Waals surface area contributed by atoms with Gasteiger partial charge in [-0.1, -0.05) is 18.9 Å². The molecule has 0 aliphatic heterocycles. The first-order chi connectivity index (χ1) is 9.84. The minimum Gasteiger partial charge on any atom is -0.481 e. The Morgan fingerprint density at radius 1 is 1.48 bits per heavy atom. The van der Waals surface area contributed by atoms with Crippen LogP contribution < -0.4 is 5.32 Å². The predicted octanol–water partition coefficient (Wildman–Crippen LogP) is 3.35. The molecule has 2 rings (SSSR count). The normalized spacial score (nSPS) is 25.3. The first kappa shape index (κ1) is 15.3. The molecule has 0 amide bonds. The van der Waals surface area contributed by atoms with E-state index in [0.29, 0.717) is 17.7 Å². The molecule has 1 saturated carbocycles. The van der Waals surface area contributed by atoms with Crippen LogP contribution in [0, 0.1) is 22.5 Å². The van der Waals surface area contributed by atoms with E-state index in [1.54, 1.807) is 26.0 Å². The topological polar surface area (TPSA) is 92.5 Å². The summed E-state index contributed by atoms with van der Waals surface area (Å²) in [7, 11) is 0. The second-order valence-electron chi connectivity index (χ2n) is 5.92. The Morgan fingerprint density at radius 3 is 2.81 bits per heavy atom. The van der Waals surface area contributed by atoms with E-state index in [0.717, 1.165) is 19.3 Å². The third kappa shape index (κ3) is 2.99. The first-order valence-corrected chi connectivity index (χ1v) is 7.09. The van der Waals surface area contributed by atoms with Crippen molar-refractivity contribution in [2.75, 3.05) is 5.32 Å². The molecule has 0 aromatic heterocycles. The standard InChI is InChI=1S/C15H20N2O4/c1-10-6-7-11(9-12(10)17(20)21)16-13-5-3-4-8-15(13,2)14(18)19/h6-7,9,13,16H,3-5,8H2,1-2H3,(H,18,19). The molecule has 2 N–H and O–H groups in total. The van der Waals surface area contributed by atoms with Crippen molar-refractivity contribution in [1.82, 2.24) is 0 Å². The van der Waals surface area contributed by atoms with Crippen LogP contribution in [0.1, 0.15) is 38.2 Å². The van der Waals surface area contributed by atoms with Gasteiger partial charge in [-0.15, -0.1) is 0 Å². The van der Waals surface area contributed by atoms with E-state index in [-0.39, 0.29) is 11.7 Å². The van der Waals surface area contributed by atoms with Crippen LogP contribution in [0.5, 0.6) is 0 Å². The van der Waals surface area contributed by atoms with E-state index in [1.165, 1.54) is 6.07 Å². The van der Waals surface area contributed by atoms with Crippen molar-refractivity contribution in [2.45, 2.75) is 45.6 Å². The number of carboxylic acids is 1. The number of aliphatic carboxylic acids is 1. The van der Waals surface area contributed by atoms with Crippen LogP contribution in [-0.2, 0) is 4.79 Å². The molecule has 1 fully saturated rings. The number of nitrogens with zero attached hydrogens (tertiary/aromatic N) is 1. The molecular formula is C15H20N2O4. The highest BCUT2D eigenvalue weighted by Gasteiger charge is 2.43. The fourth-order valence-corrected chi connectivity index (χ4v) is 2.92. The maximum Gasteiger partial charge on any atom is 0.311 e. The molecular weight excluding hydrogens is 272 g/mol. The van der Waals surface area contributed by atoms with Crippen LogP contribution in [0.2, 0.25) is 0 Å². The molecule has 0 radical (unpaired) electrons. The van der Waals surface area contributed by atoms with Gasteiger partial charge < -0.3 is 10.4 Å². The van der Waals surface area contributed by atoms with Gasteiger partial charge in [-0.2, -0.15) is 0 Å². The van der Waals surface area contributed by atoms with E-state index in [9.17, 15) is 20.0 Å². The highest BCUT2D eigenvalue weighted by Crippen LogP contribution is 2.38. The number of nitro groups is 1. The zero-order valence-corrected chi connectivity index (χ0v) is 12.3. The zero-order valence-electron chi connectivity index (χ0n) is 12.3. The minimum absolute atomic E-state index is 0.0489. The van der Waals surface area contributed by atoms with E-state index in [2.05, 4.69) is 5.32 Å². The van der Waals surface area contributed by atoms with Crippen molar-refractivity contribution in [1.29, 1.82) is 0 Å². The fraction of sp³-hybridized carbons (Fsp3) is 0.533. The lowest BCUT2D eigenvalue weighted by Gasteiger charge is -2.38. The Balaban J connectivity index is 2.26. The van der Waals surface area contributed by atoms with Gasteiger partial charge in [0.15, 0.2) is 0 Å². The number of nitro benzene ring substituents is 1. The number of carbonyl (C=O) groups is 1. The summed E-state index contributed by atoms with van der Waals surface area (Å²) < 4.78 is 0. The van der Waals surface area contributed by atoms with Gasteiger partial charge in [-0.05, 0) is 32.8 Å². The molecule has 1 aromatic carbocycles. The van der Waals surface area contributed by atoms with Crippen LogP contribution in [0.15, 0.2) is 18.2 Å². The van der Waals surface area contributed by atoms with Crippen molar-refractivity contribution in [3.05, 3.63) is 33.9 Å². The summed E-state index contributed by atoms with van der Waals surface area (Å²) in [6, 6.07) is 4.71. The third-order valence-corrected chi connectivity index (χ3v) is 4.44. The number of aryl methyl sites for hydroxylation is 1. The maximum atomic E-state index is 11.6. The summed E-state index contributed by atoms with van der Waals surface area (Å²) in [6.45, 7) is 3.43. The van der Waals surface area contributed by atoms with Crippen molar-refractivity contribution >= 4 is 17.3 Å². The molecule has 1 aliphatic rings. The summed E-state index contributed by atoms with van der Waals surface area (Å²) in [5.41, 5.74) is 0.410. The van der Waals surface area contributed by atoms with Crippen LogP contribution in [0.4, 0.5) is 11.4 Å². The summed E-state index contributed by atoms with van der Waals surface area (Å²) in [6.07, 6.45) is 3.24. The quantitative estimate of drug-likeness (QED) is 0.655. The van der Waals surface area contributed by atoms with E-state index < -0.39 is 16.3 Å². The van der Waals surface area contributed by atoms with Crippen molar-refractivity contribution in [2.24, 2.45) is 5.41 Å². The van der Waals surface area contributed by atoms with Gasteiger partial charge in [0.2, 0.25) is 0 Å². The molecule has 1 aliphatic carbocycles. The average molecular weight is 292 g/mol. The highest BCUT2D eigenvalue weighted by atomic mass is 16.6. The lowest BCUT2D eigenvalue weighted by atomic mass is 9.71. The molecule has 6 nitrogen and oxygen atoms in total. The molecule has 0 heterocycles. The van der Waals surface area contributed by atoms with Gasteiger partial charge >= 0.3 is 5.97 Å². The second kappa shape index (κ2) is 5.71. The first-order valence-electron chi connectivity index (χ1n) is 7.09. The Labute approximate surface area is 123 Å². The fourth-order valence-electron chi connectivity index (χ4n) is 2.92. The number of anilines is 1. The Bertz CT molecular complexity index is 573. The number of benzene rings is 1. The van der Waals surface area contributed by atoms with Crippen LogP contribution in [0.25, 0.3) is 0 Å². The van der Waals surface area contributed by atoms with Crippen LogP contribution in [0.3, 0.4) is 0 Å². The number of carboxylic acid groups (broad SMARTS) is 1. The monoisotopic (exact) mass is 292 g/mol. The lowest BCUT2D eigenvalue weighted by Crippen LogP contribution is -2.46. The van der Waals surface area contributed by atoms with Crippen LogP contribution in [-0.4, -0.2) is 22.0 Å². The van der Waals surface area contributed by atoms with Gasteiger partial charge in [-0.25, -0.2) is 0 Å². The summed E-state index contributed by atoms with van der Waals surface area (Å²) in [5, 5.41) is 23.7. The van der Waals surface area contributed by atoms with Crippen molar-refractivity contribution in [3.8, 4) is 0 Å². The van der Waals surface area contributed by atoms with Gasteiger partial charge in [0.05, 0.1) is 10.3 Å². The van der Waals surface area contributed by atoms with Gasteiger partial charge in [0, 0.05) is 23.4 Å². The number of nitrogens with one attached hydrogen (secondary N) is 1. The average Bonchev–Trinajstić information content (AvgIpc) is 2.43. The summed E-state index contributed by atoms with van der Waals surface area (Å²) in [5.74, 6) is -0.818. The molecule has 0 saturated heterocycles. The van der Waals surface area contributed by atoms with E-state index in [4.69, 9.17) is 0 Å². The third-order valence-electron chi connectivity index (χ3n) is 4.44. The highest BCUT2D eigenvalue weighted by molar-refractivity contribution is 5.76. The SMILES string of the molecule is Cc1ccc(NC2CCCCC2(C)C(=O)O)cc1[N+](=O)[O-]. The van der Waals surface area contributed by atoms with Gasteiger partial charge in [0.1, 0.15) is 0 Å². The molecule has 114 valence electrons. The molecule has 2 atom stereocenters. The van der Waals surface area contributed by atoms with E-state index >= 15 is 0 Å². The smallest absolute Gasteiger partial charge is 0.311 e. The van der Waals surface area contributed by atoms with Crippen LogP contribution >= 0.6 is 0 Å². The lowest BCUT2D eigenvalue weighted by molar-refractivity contribution is -0.385. The number of hydrogen-bond donors (Lipinski definition) is 2. The zero-order chi connectivity index (χ0) is 15.6. The molecule has 0 bridgehead atoms. The predicted molar refractivity (Wildman–Crippen MR) is 79.5 cm³/mol. The number of rotatable bonds is 4. The molecule has 6 heteroatoms. The van der Waals surface area contributed by atoms with Gasteiger partial charge in [0.25, 0.3) is 5.69 Å². The summed E-state index contributed by atoms with van der Waals surface area (Å²) in [4.78, 5) is 22.1. The molecule has 0 spiro atoms. The second-order valence-corrected chi connectivity index (χ2v) is 5.92. The van der Waals surface area contributed by atoms with Crippen molar-refractivity contribution < 1.29 is 14.8 Å². The molecule has 2 unspecified atom stereocenters. The Kier molecular flexibility index (Phi) is 4.16. The van der Waals surface area contributed by atoms with Crippen molar-refractivity contribution in [3.63, 3.8) is 0 Å². The molecule has 21 heavy (non-hydrogen) atoms. The van der Waals surface area contributed by atoms with E-state index in [1.807, 2.05) is 0 Å². The maximum absolute atomic E-state index is 11.6. The number of hydrogen-bond acceptors (Lipinski definition) is 4. The molecule has 1 aromatic rings. The summed E-state index contributed by atoms with van der Waals surface area (Å²) >= 11 is 0. The Morgan fingerprint density at radius 2 is 2.19 bits per heavy atom. The Hall–Kier alpha value is -2.11.